The summed E-state index contributed by atoms with van der Waals surface area (Å²) in [5.74, 6) is 3.91. The lowest BCUT2D eigenvalue weighted by atomic mass is 10.1. The van der Waals surface area contributed by atoms with E-state index in [1.165, 1.54) is 11.1 Å². The normalized spacial score (nSPS) is 16.9. The third-order valence-electron chi connectivity index (χ3n) is 4.32. The van der Waals surface area contributed by atoms with Crippen LogP contribution in [0.5, 0.6) is 0 Å². The molecule has 3 rings (SSSR count). The smallest absolute Gasteiger partial charge is 0.122 e. The van der Waals surface area contributed by atoms with Gasteiger partial charge in [0.15, 0.2) is 0 Å². The van der Waals surface area contributed by atoms with Crippen molar-refractivity contribution in [3.8, 4) is 12.3 Å². The van der Waals surface area contributed by atoms with Crippen molar-refractivity contribution < 1.29 is 0 Å². The third kappa shape index (κ3) is 2.72. The van der Waals surface area contributed by atoms with Crippen LogP contribution in [-0.2, 0) is 19.5 Å². The first-order valence-electron chi connectivity index (χ1n) is 7.58. The summed E-state index contributed by atoms with van der Waals surface area (Å²) in [7, 11) is 0. The van der Waals surface area contributed by atoms with Gasteiger partial charge in [0.25, 0.3) is 0 Å². The summed E-state index contributed by atoms with van der Waals surface area (Å²) in [6.07, 6.45) is 11.8. The number of fused-ring (bicyclic) bond motifs is 1. The summed E-state index contributed by atoms with van der Waals surface area (Å²) in [6, 6.07) is 9.13. The molecule has 0 amide bonds. The predicted octanol–water partition coefficient (Wildman–Crippen LogP) is 3.03. The number of benzene rings is 1. The minimum Gasteiger partial charge on any atom is -0.334 e. The van der Waals surface area contributed by atoms with Gasteiger partial charge in [0.1, 0.15) is 5.82 Å². The van der Waals surface area contributed by atoms with Crippen molar-refractivity contribution in [1.82, 2.24) is 14.5 Å². The lowest BCUT2D eigenvalue weighted by Crippen LogP contribution is -2.29. The summed E-state index contributed by atoms with van der Waals surface area (Å²) in [5.41, 5.74) is 2.89. The molecule has 0 saturated carbocycles. The predicted molar refractivity (Wildman–Crippen MR) is 84.6 cm³/mol. The van der Waals surface area contributed by atoms with Gasteiger partial charge in [0, 0.05) is 25.0 Å². The number of imidazole rings is 1. The minimum absolute atomic E-state index is 0.416. The topological polar surface area (TPSA) is 21.1 Å². The molecule has 0 N–H and O–H groups in total. The number of terminal acetylenes is 1. The number of hydrogen-bond donors (Lipinski definition) is 0. The molecule has 0 aliphatic heterocycles. The molecular weight excluding hydrogens is 258 g/mol. The van der Waals surface area contributed by atoms with Gasteiger partial charge in [-0.3, -0.25) is 4.90 Å². The highest BCUT2D eigenvalue weighted by molar-refractivity contribution is 5.34. The minimum atomic E-state index is 0.416. The monoisotopic (exact) mass is 279 g/mol. The van der Waals surface area contributed by atoms with Crippen LogP contribution in [0.15, 0.2) is 36.7 Å². The summed E-state index contributed by atoms with van der Waals surface area (Å²) < 4.78 is 2.18. The Kier molecular flexibility index (Phi) is 4.08. The Hall–Kier alpha value is -2.05. The average molecular weight is 279 g/mol. The number of aryl methyl sites for hydroxylation is 2. The van der Waals surface area contributed by atoms with Crippen LogP contribution in [0.1, 0.15) is 36.3 Å². The van der Waals surface area contributed by atoms with Gasteiger partial charge < -0.3 is 4.57 Å². The molecule has 1 aromatic carbocycles. The zero-order valence-corrected chi connectivity index (χ0v) is 12.5. The van der Waals surface area contributed by atoms with E-state index in [0.29, 0.717) is 12.6 Å². The molecule has 108 valence electrons. The maximum absolute atomic E-state index is 5.60. The molecule has 0 spiro atoms. The van der Waals surface area contributed by atoms with Crippen LogP contribution in [0, 0.1) is 12.3 Å². The molecule has 0 saturated heterocycles. The Bertz CT molecular complexity index is 650. The first kappa shape index (κ1) is 13.9. The summed E-state index contributed by atoms with van der Waals surface area (Å²) in [5, 5.41) is 0. The molecule has 1 atom stereocenters. The SMILES string of the molecule is C#CCN(Cc1nccn1CC)[C@H]1CCc2ccccc21. The van der Waals surface area contributed by atoms with E-state index in [1.807, 2.05) is 12.4 Å². The van der Waals surface area contributed by atoms with E-state index >= 15 is 0 Å². The van der Waals surface area contributed by atoms with Crippen molar-refractivity contribution in [3.05, 3.63) is 53.6 Å². The summed E-state index contributed by atoms with van der Waals surface area (Å²) in [6.45, 7) is 4.56. The molecule has 1 aromatic heterocycles. The second-order valence-corrected chi connectivity index (χ2v) is 5.49. The highest BCUT2D eigenvalue weighted by Gasteiger charge is 2.27. The van der Waals surface area contributed by atoms with E-state index in [9.17, 15) is 0 Å². The molecule has 0 radical (unpaired) electrons. The summed E-state index contributed by atoms with van der Waals surface area (Å²) in [4.78, 5) is 6.86. The molecule has 1 heterocycles. The van der Waals surface area contributed by atoms with E-state index in [-0.39, 0.29) is 0 Å². The zero-order valence-electron chi connectivity index (χ0n) is 12.5. The Morgan fingerprint density at radius 2 is 2.29 bits per heavy atom. The second-order valence-electron chi connectivity index (χ2n) is 5.49. The van der Waals surface area contributed by atoms with Gasteiger partial charge in [-0.25, -0.2) is 4.98 Å². The Morgan fingerprint density at radius 1 is 1.43 bits per heavy atom. The van der Waals surface area contributed by atoms with Crippen LogP contribution < -0.4 is 0 Å². The van der Waals surface area contributed by atoms with Crippen LogP contribution >= 0.6 is 0 Å². The van der Waals surface area contributed by atoms with Crippen molar-refractivity contribution >= 4 is 0 Å². The van der Waals surface area contributed by atoms with Crippen molar-refractivity contribution in [3.63, 3.8) is 0 Å². The van der Waals surface area contributed by atoms with E-state index in [1.54, 1.807) is 0 Å². The van der Waals surface area contributed by atoms with Gasteiger partial charge >= 0.3 is 0 Å². The Balaban J connectivity index is 1.85. The van der Waals surface area contributed by atoms with Crippen LogP contribution in [-0.4, -0.2) is 21.0 Å². The fraction of sp³-hybridized carbons (Fsp3) is 0.389. The van der Waals surface area contributed by atoms with Crippen molar-refractivity contribution in [2.75, 3.05) is 6.54 Å². The fourth-order valence-electron chi connectivity index (χ4n) is 3.27. The molecule has 2 aromatic rings. The number of nitrogens with zero attached hydrogens (tertiary/aromatic N) is 3. The van der Waals surface area contributed by atoms with Crippen LogP contribution in [0.2, 0.25) is 0 Å². The average Bonchev–Trinajstić information content (AvgIpc) is 3.12. The molecule has 3 heteroatoms. The van der Waals surface area contributed by atoms with Gasteiger partial charge in [0.05, 0.1) is 13.1 Å². The highest BCUT2D eigenvalue weighted by Crippen LogP contribution is 2.36. The molecule has 0 bridgehead atoms. The fourth-order valence-corrected chi connectivity index (χ4v) is 3.27. The van der Waals surface area contributed by atoms with Crippen molar-refractivity contribution in [2.24, 2.45) is 0 Å². The van der Waals surface area contributed by atoms with Crippen LogP contribution in [0.3, 0.4) is 0 Å². The third-order valence-corrected chi connectivity index (χ3v) is 4.32. The standard InChI is InChI=1S/C18H21N3/c1-3-12-21(14-18-19-11-13-20(18)4-2)17-10-9-15-7-5-6-8-16(15)17/h1,5-8,11,13,17H,4,9-10,12,14H2,2H3/t17-/m0/s1. The van der Waals surface area contributed by atoms with E-state index in [0.717, 1.165) is 31.8 Å². The van der Waals surface area contributed by atoms with Crippen LogP contribution in [0.25, 0.3) is 0 Å². The molecule has 0 fully saturated rings. The van der Waals surface area contributed by atoms with Gasteiger partial charge in [0.2, 0.25) is 0 Å². The molecule has 0 unspecified atom stereocenters. The van der Waals surface area contributed by atoms with E-state index in [4.69, 9.17) is 6.42 Å². The maximum Gasteiger partial charge on any atom is 0.122 e. The Labute approximate surface area is 126 Å². The number of rotatable bonds is 5. The van der Waals surface area contributed by atoms with Gasteiger partial charge in [-0.05, 0) is 30.9 Å². The van der Waals surface area contributed by atoms with Gasteiger partial charge in [-0.2, -0.15) is 0 Å². The molecule has 1 aliphatic carbocycles. The van der Waals surface area contributed by atoms with E-state index in [2.05, 4.69) is 51.6 Å². The largest absolute Gasteiger partial charge is 0.334 e. The van der Waals surface area contributed by atoms with Crippen molar-refractivity contribution in [1.29, 1.82) is 0 Å². The zero-order chi connectivity index (χ0) is 14.7. The molecule has 21 heavy (non-hydrogen) atoms. The second kappa shape index (κ2) is 6.15. The van der Waals surface area contributed by atoms with Crippen molar-refractivity contribution in [2.45, 2.75) is 38.9 Å². The number of aromatic nitrogens is 2. The Morgan fingerprint density at radius 3 is 3.10 bits per heavy atom. The van der Waals surface area contributed by atoms with E-state index < -0.39 is 0 Å². The lowest BCUT2D eigenvalue weighted by molar-refractivity contribution is 0.205. The molecule has 3 nitrogen and oxygen atoms in total. The summed E-state index contributed by atoms with van der Waals surface area (Å²) >= 11 is 0. The van der Waals surface area contributed by atoms with Crippen LogP contribution in [0.4, 0.5) is 0 Å². The first-order chi connectivity index (χ1) is 10.3. The molecule has 1 aliphatic rings. The highest BCUT2D eigenvalue weighted by atomic mass is 15.2. The maximum atomic E-state index is 5.60. The number of hydrogen-bond acceptors (Lipinski definition) is 2. The quantitative estimate of drug-likeness (QED) is 0.784. The lowest BCUT2D eigenvalue weighted by Gasteiger charge is -2.27. The first-order valence-corrected chi connectivity index (χ1v) is 7.58. The molecular formula is C18H21N3. The van der Waals surface area contributed by atoms with Gasteiger partial charge in [-0.1, -0.05) is 30.2 Å². The van der Waals surface area contributed by atoms with Gasteiger partial charge in [-0.15, -0.1) is 6.42 Å².